The molecule has 2 fully saturated rings. The Morgan fingerprint density at radius 1 is 0.765 bits per heavy atom. The van der Waals surface area contributed by atoms with Crippen LogP contribution in [-0.4, -0.2) is 0 Å². The van der Waals surface area contributed by atoms with Crippen molar-refractivity contribution in [3.05, 3.63) is 0 Å². The van der Waals surface area contributed by atoms with Crippen molar-refractivity contribution in [1.29, 1.82) is 0 Å². The van der Waals surface area contributed by atoms with Crippen LogP contribution in [0, 0.1) is 33.0 Å². The van der Waals surface area contributed by atoms with E-state index in [2.05, 4.69) is 62.3 Å². The first-order chi connectivity index (χ1) is 7.36. The first kappa shape index (κ1) is 13.4. The van der Waals surface area contributed by atoms with Crippen LogP contribution in [-0.2, 0) is 0 Å². The standard InChI is InChI=1S/C17H32/c1-12-14(4,5)17(9)15(6,7)13(2,3)10-11-16(12,17)8/h12H,10-11H2,1-9H3. The normalized spacial score (nSPS) is 50.3. The topological polar surface area (TPSA) is 0 Å². The van der Waals surface area contributed by atoms with Crippen LogP contribution >= 0.6 is 0 Å². The highest BCUT2D eigenvalue weighted by Crippen LogP contribution is 2.83. The van der Waals surface area contributed by atoms with Gasteiger partial charge in [-0.2, -0.15) is 0 Å². The van der Waals surface area contributed by atoms with Crippen molar-refractivity contribution in [2.75, 3.05) is 0 Å². The average molecular weight is 236 g/mol. The predicted octanol–water partition coefficient (Wildman–Crippen LogP) is 5.52. The minimum Gasteiger partial charge on any atom is -0.0614 e. The van der Waals surface area contributed by atoms with Crippen LogP contribution in [0.5, 0.6) is 0 Å². The van der Waals surface area contributed by atoms with E-state index in [1.807, 2.05) is 0 Å². The summed E-state index contributed by atoms with van der Waals surface area (Å²) in [5.74, 6) is 0.843. The molecule has 100 valence electrons. The Hall–Kier alpha value is 0. The molecule has 0 heteroatoms. The Morgan fingerprint density at radius 2 is 1.24 bits per heavy atom. The molecule has 0 spiro atoms. The van der Waals surface area contributed by atoms with Crippen LogP contribution in [0.1, 0.15) is 75.2 Å². The third kappa shape index (κ3) is 1.04. The van der Waals surface area contributed by atoms with E-state index in [9.17, 15) is 0 Å². The van der Waals surface area contributed by atoms with E-state index in [1.165, 1.54) is 12.8 Å². The molecule has 0 nitrogen and oxygen atoms in total. The molecule has 0 heterocycles. The van der Waals surface area contributed by atoms with E-state index in [4.69, 9.17) is 0 Å². The molecule has 3 unspecified atom stereocenters. The van der Waals surface area contributed by atoms with E-state index >= 15 is 0 Å². The second-order valence-corrected chi connectivity index (χ2v) is 8.99. The first-order valence-electron chi connectivity index (χ1n) is 7.36. The van der Waals surface area contributed by atoms with Crippen LogP contribution in [0.4, 0.5) is 0 Å². The van der Waals surface area contributed by atoms with Gasteiger partial charge in [-0.05, 0) is 45.8 Å². The van der Waals surface area contributed by atoms with E-state index in [0.29, 0.717) is 27.1 Å². The Balaban J connectivity index is 2.59. The molecule has 3 atom stereocenters. The van der Waals surface area contributed by atoms with Crippen molar-refractivity contribution < 1.29 is 0 Å². The zero-order valence-corrected chi connectivity index (χ0v) is 13.5. The van der Waals surface area contributed by atoms with Crippen LogP contribution in [0.15, 0.2) is 0 Å². The molecule has 17 heavy (non-hydrogen) atoms. The summed E-state index contributed by atoms with van der Waals surface area (Å²) in [4.78, 5) is 0. The summed E-state index contributed by atoms with van der Waals surface area (Å²) in [5, 5.41) is 0. The van der Waals surface area contributed by atoms with Gasteiger partial charge < -0.3 is 0 Å². The van der Waals surface area contributed by atoms with E-state index in [1.54, 1.807) is 0 Å². The van der Waals surface area contributed by atoms with Crippen LogP contribution in [0.2, 0.25) is 0 Å². The fourth-order valence-corrected chi connectivity index (χ4v) is 5.87. The number of rotatable bonds is 0. The number of fused-ring (bicyclic) bond motifs is 1. The van der Waals surface area contributed by atoms with Crippen molar-refractivity contribution in [2.24, 2.45) is 33.0 Å². The largest absolute Gasteiger partial charge is 0.0614 e. The van der Waals surface area contributed by atoms with Gasteiger partial charge in [0, 0.05) is 0 Å². The quantitative estimate of drug-likeness (QED) is 0.519. The van der Waals surface area contributed by atoms with Crippen LogP contribution in [0.25, 0.3) is 0 Å². The first-order valence-corrected chi connectivity index (χ1v) is 7.36. The third-order valence-corrected chi connectivity index (χ3v) is 8.68. The van der Waals surface area contributed by atoms with Crippen molar-refractivity contribution in [1.82, 2.24) is 0 Å². The number of hydrogen-bond acceptors (Lipinski definition) is 0. The minimum atomic E-state index is 0.406. The molecule has 0 aromatic heterocycles. The van der Waals surface area contributed by atoms with Gasteiger partial charge >= 0.3 is 0 Å². The van der Waals surface area contributed by atoms with Crippen molar-refractivity contribution in [3.63, 3.8) is 0 Å². The molecule has 0 aromatic rings. The molecule has 0 radical (unpaired) electrons. The van der Waals surface area contributed by atoms with Gasteiger partial charge in [0.25, 0.3) is 0 Å². The van der Waals surface area contributed by atoms with Gasteiger partial charge in [-0.3, -0.25) is 0 Å². The molecule has 0 aliphatic heterocycles. The fourth-order valence-electron chi connectivity index (χ4n) is 5.87. The van der Waals surface area contributed by atoms with Gasteiger partial charge in [-0.25, -0.2) is 0 Å². The Morgan fingerprint density at radius 3 is 1.71 bits per heavy atom. The molecular weight excluding hydrogens is 204 g/mol. The van der Waals surface area contributed by atoms with Gasteiger partial charge in [-0.1, -0.05) is 62.3 Å². The summed E-state index contributed by atoms with van der Waals surface area (Å²) >= 11 is 0. The summed E-state index contributed by atoms with van der Waals surface area (Å²) in [6.45, 7) is 22.6. The van der Waals surface area contributed by atoms with E-state index in [-0.39, 0.29) is 0 Å². The maximum Gasteiger partial charge on any atom is -0.0159 e. The molecule has 2 aliphatic carbocycles. The molecule has 0 saturated heterocycles. The monoisotopic (exact) mass is 236 g/mol. The van der Waals surface area contributed by atoms with Crippen LogP contribution in [0.3, 0.4) is 0 Å². The van der Waals surface area contributed by atoms with Gasteiger partial charge in [-0.15, -0.1) is 0 Å². The molecule has 0 aromatic carbocycles. The molecule has 2 saturated carbocycles. The maximum atomic E-state index is 2.58. The van der Waals surface area contributed by atoms with Crippen LogP contribution < -0.4 is 0 Å². The van der Waals surface area contributed by atoms with Crippen molar-refractivity contribution in [3.8, 4) is 0 Å². The highest BCUT2D eigenvalue weighted by Gasteiger charge is 2.77. The zero-order chi connectivity index (χ0) is 13.5. The second kappa shape index (κ2) is 2.94. The lowest BCUT2D eigenvalue weighted by Gasteiger charge is -2.82. The van der Waals surface area contributed by atoms with Gasteiger partial charge in [0.1, 0.15) is 0 Å². The molecule has 2 rings (SSSR count). The molecular formula is C17H32. The average Bonchev–Trinajstić information content (AvgIpc) is 2.21. The Kier molecular flexibility index (Phi) is 2.32. The second-order valence-electron chi connectivity index (χ2n) is 8.99. The zero-order valence-electron chi connectivity index (χ0n) is 13.5. The fraction of sp³-hybridized carbons (Fsp3) is 1.00. The Bertz CT molecular complexity index is 347. The van der Waals surface area contributed by atoms with Gasteiger partial charge in [0.2, 0.25) is 0 Å². The highest BCUT2D eigenvalue weighted by molar-refractivity contribution is 5.25. The summed E-state index contributed by atoms with van der Waals surface area (Å²) in [7, 11) is 0. The van der Waals surface area contributed by atoms with Crippen molar-refractivity contribution >= 4 is 0 Å². The SMILES string of the molecule is CC1C(C)(C)C2(C)C1(C)CCC(C)(C)C2(C)C. The van der Waals surface area contributed by atoms with Crippen molar-refractivity contribution in [2.45, 2.75) is 75.2 Å². The summed E-state index contributed by atoms with van der Waals surface area (Å²) < 4.78 is 0. The summed E-state index contributed by atoms with van der Waals surface area (Å²) in [6.07, 6.45) is 2.79. The van der Waals surface area contributed by atoms with E-state index < -0.39 is 0 Å². The lowest BCUT2D eigenvalue weighted by molar-refractivity contribution is -0.341. The van der Waals surface area contributed by atoms with Gasteiger partial charge in [0.05, 0.1) is 0 Å². The lowest BCUT2D eigenvalue weighted by atomic mass is 9.22. The molecule has 2 aliphatic rings. The lowest BCUT2D eigenvalue weighted by Crippen LogP contribution is -2.76. The number of hydrogen-bond donors (Lipinski definition) is 0. The minimum absolute atomic E-state index is 0.406. The molecule has 0 bridgehead atoms. The highest BCUT2D eigenvalue weighted by atomic mass is 14.8. The maximum absolute atomic E-state index is 2.58. The van der Waals surface area contributed by atoms with Gasteiger partial charge in [0.15, 0.2) is 0 Å². The van der Waals surface area contributed by atoms with E-state index in [0.717, 1.165) is 5.92 Å². The smallest absolute Gasteiger partial charge is 0.0159 e. The predicted molar refractivity (Wildman–Crippen MR) is 76.0 cm³/mol. The third-order valence-electron chi connectivity index (χ3n) is 8.68. The summed E-state index contributed by atoms with van der Waals surface area (Å²) in [5.41, 5.74) is 2.31. The molecule has 0 N–H and O–H groups in total. The summed E-state index contributed by atoms with van der Waals surface area (Å²) in [6, 6.07) is 0. The molecule has 0 amide bonds. The Labute approximate surface area is 109 Å².